The molecule has 6 heteroatoms. The van der Waals surface area contributed by atoms with Gasteiger partial charge in [-0.25, -0.2) is 9.78 Å². The number of nitrogens with one attached hydrogen (secondary N) is 1. The highest BCUT2D eigenvalue weighted by Gasteiger charge is 2.27. The monoisotopic (exact) mass is 281 g/mol. The summed E-state index contributed by atoms with van der Waals surface area (Å²) in [7, 11) is 1.34. The Balaban J connectivity index is 2.19. The molecule has 2 rings (SSSR count). The van der Waals surface area contributed by atoms with Gasteiger partial charge >= 0.3 is 5.97 Å². The van der Waals surface area contributed by atoms with Crippen molar-refractivity contribution in [2.45, 2.75) is 30.6 Å². The molecule has 0 aromatic carbocycles. The van der Waals surface area contributed by atoms with E-state index in [1.54, 1.807) is 12.3 Å². The van der Waals surface area contributed by atoms with Crippen LogP contribution in [-0.4, -0.2) is 35.6 Å². The molecule has 1 saturated carbocycles. The van der Waals surface area contributed by atoms with Gasteiger partial charge in [-0.3, -0.25) is 0 Å². The molecule has 1 aliphatic rings. The van der Waals surface area contributed by atoms with Gasteiger partial charge in [0.25, 0.3) is 0 Å². The van der Waals surface area contributed by atoms with E-state index in [0.717, 1.165) is 6.42 Å². The smallest absolute Gasteiger partial charge is 0.340 e. The molecule has 0 aliphatic heterocycles. The minimum atomic E-state index is -0.434. The highest BCUT2D eigenvalue weighted by molar-refractivity contribution is 7.99. The first kappa shape index (κ1) is 14.0. The summed E-state index contributed by atoms with van der Waals surface area (Å²) in [6.07, 6.45) is 7.21. The lowest BCUT2D eigenvalue weighted by molar-refractivity contribution is 0.0602. The Kier molecular flexibility index (Phi) is 4.52. The van der Waals surface area contributed by atoms with Gasteiger partial charge in [-0.1, -0.05) is 6.42 Å². The summed E-state index contributed by atoms with van der Waals surface area (Å²) < 4.78 is 4.71. The Bertz CT molecular complexity index is 467. The van der Waals surface area contributed by atoms with E-state index in [2.05, 4.69) is 16.6 Å². The van der Waals surface area contributed by atoms with Gasteiger partial charge in [0, 0.05) is 17.5 Å². The highest BCUT2D eigenvalue weighted by Crippen LogP contribution is 2.32. The number of esters is 1. The fourth-order valence-electron chi connectivity index (χ4n) is 2.43. The van der Waals surface area contributed by atoms with Gasteiger partial charge < -0.3 is 15.8 Å². The molecule has 2 unspecified atom stereocenters. The van der Waals surface area contributed by atoms with E-state index in [4.69, 9.17) is 10.5 Å². The van der Waals surface area contributed by atoms with Crippen molar-refractivity contribution in [1.29, 1.82) is 0 Å². The maximum atomic E-state index is 11.6. The maximum absolute atomic E-state index is 11.6. The molecule has 1 aromatic heterocycles. The van der Waals surface area contributed by atoms with Gasteiger partial charge in [0.05, 0.1) is 18.4 Å². The number of aromatic nitrogens is 1. The van der Waals surface area contributed by atoms with Gasteiger partial charge in [-0.05, 0) is 25.2 Å². The fraction of sp³-hybridized carbons (Fsp3) is 0.538. The van der Waals surface area contributed by atoms with Crippen LogP contribution < -0.4 is 11.1 Å². The van der Waals surface area contributed by atoms with Crippen LogP contribution in [0, 0.1) is 0 Å². The average molecular weight is 281 g/mol. The van der Waals surface area contributed by atoms with E-state index in [1.165, 1.54) is 20.0 Å². The standard InChI is InChI=1S/C13H19N3O2S/c1-18-13(17)8-6-7-15-12(11(8)14)16-9-4-3-5-10(9)19-2/h6-7,9-10H,3-5,14H2,1-2H3,(H,15,16). The minimum absolute atomic E-state index is 0.359. The number of nitrogen functional groups attached to an aromatic ring is 1. The summed E-state index contributed by atoms with van der Waals surface area (Å²) in [5, 5.41) is 3.94. The van der Waals surface area contributed by atoms with Crippen LogP contribution in [0.25, 0.3) is 0 Å². The van der Waals surface area contributed by atoms with E-state index in [9.17, 15) is 4.79 Å². The van der Waals surface area contributed by atoms with Crippen LogP contribution in [-0.2, 0) is 4.74 Å². The zero-order valence-electron chi connectivity index (χ0n) is 11.2. The first-order valence-corrected chi connectivity index (χ1v) is 7.58. The van der Waals surface area contributed by atoms with Crippen molar-refractivity contribution in [3.63, 3.8) is 0 Å². The number of rotatable bonds is 4. The topological polar surface area (TPSA) is 77.2 Å². The van der Waals surface area contributed by atoms with Crippen molar-refractivity contribution in [3.05, 3.63) is 17.8 Å². The summed E-state index contributed by atoms with van der Waals surface area (Å²) in [6.45, 7) is 0. The molecule has 0 spiro atoms. The molecule has 1 aliphatic carbocycles. The van der Waals surface area contributed by atoms with E-state index in [-0.39, 0.29) is 0 Å². The van der Waals surface area contributed by atoms with Crippen molar-refractivity contribution >= 4 is 29.2 Å². The van der Waals surface area contributed by atoms with Crippen LogP contribution >= 0.6 is 11.8 Å². The van der Waals surface area contributed by atoms with Crippen LogP contribution in [0.3, 0.4) is 0 Å². The van der Waals surface area contributed by atoms with E-state index >= 15 is 0 Å². The second kappa shape index (κ2) is 6.14. The van der Waals surface area contributed by atoms with Gasteiger partial charge in [0.1, 0.15) is 5.82 Å². The van der Waals surface area contributed by atoms with Crippen LogP contribution in [0.4, 0.5) is 11.5 Å². The Morgan fingerprint density at radius 1 is 1.58 bits per heavy atom. The number of pyridine rings is 1. The molecule has 19 heavy (non-hydrogen) atoms. The number of ether oxygens (including phenoxy) is 1. The molecule has 0 radical (unpaired) electrons. The number of nitrogens with two attached hydrogens (primary N) is 1. The van der Waals surface area contributed by atoms with E-state index < -0.39 is 5.97 Å². The predicted octanol–water partition coefficient (Wildman–Crippen LogP) is 2.15. The quantitative estimate of drug-likeness (QED) is 0.823. The molecule has 3 N–H and O–H groups in total. The second-order valence-corrected chi connectivity index (χ2v) is 5.65. The number of anilines is 2. The van der Waals surface area contributed by atoms with Crippen LogP contribution in [0.2, 0.25) is 0 Å². The first-order chi connectivity index (χ1) is 9.17. The third-order valence-electron chi connectivity index (χ3n) is 3.47. The number of carbonyl (C=O) groups excluding carboxylic acids is 1. The zero-order valence-corrected chi connectivity index (χ0v) is 12.0. The van der Waals surface area contributed by atoms with Crippen molar-refractivity contribution in [3.8, 4) is 0 Å². The summed E-state index contributed by atoms with van der Waals surface area (Å²) in [5.74, 6) is 0.143. The second-order valence-electron chi connectivity index (χ2n) is 4.57. The number of hydrogen-bond donors (Lipinski definition) is 2. The van der Waals surface area contributed by atoms with Crippen LogP contribution in [0.1, 0.15) is 29.6 Å². The Hall–Kier alpha value is -1.43. The Morgan fingerprint density at radius 2 is 2.37 bits per heavy atom. The number of thioether (sulfide) groups is 1. The lowest BCUT2D eigenvalue weighted by Gasteiger charge is -2.21. The van der Waals surface area contributed by atoms with E-state index in [1.807, 2.05) is 11.8 Å². The van der Waals surface area contributed by atoms with Crippen LogP contribution in [0.5, 0.6) is 0 Å². The number of nitrogens with zero attached hydrogens (tertiary/aromatic N) is 1. The lowest BCUT2D eigenvalue weighted by atomic mass is 10.2. The molecular weight excluding hydrogens is 262 g/mol. The third-order valence-corrected chi connectivity index (χ3v) is 4.64. The number of carbonyl (C=O) groups is 1. The molecule has 5 nitrogen and oxygen atoms in total. The van der Waals surface area contributed by atoms with Gasteiger partial charge in [0.2, 0.25) is 0 Å². The molecule has 0 saturated heterocycles. The highest BCUT2D eigenvalue weighted by atomic mass is 32.2. The van der Waals surface area contributed by atoms with Crippen molar-refractivity contribution in [1.82, 2.24) is 4.98 Å². The molecule has 1 aromatic rings. The van der Waals surface area contributed by atoms with Crippen LogP contribution in [0.15, 0.2) is 12.3 Å². The fourth-order valence-corrected chi connectivity index (χ4v) is 3.36. The van der Waals surface area contributed by atoms with Crippen molar-refractivity contribution in [2.75, 3.05) is 24.4 Å². The summed E-state index contributed by atoms with van der Waals surface area (Å²) >= 11 is 1.86. The minimum Gasteiger partial charge on any atom is -0.465 e. The molecular formula is C13H19N3O2S. The van der Waals surface area contributed by atoms with Crippen molar-refractivity contribution < 1.29 is 9.53 Å². The van der Waals surface area contributed by atoms with Gasteiger partial charge in [-0.15, -0.1) is 0 Å². The van der Waals surface area contributed by atoms with Gasteiger partial charge in [0.15, 0.2) is 0 Å². The molecule has 0 amide bonds. The average Bonchev–Trinajstić information content (AvgIpc) is 2.87. The third kappa shape index (κ3) is 2.94. The van der Waals surface area contributed by atoms with Crippen molar-refractivity contribution in [2.24, 2.45) is 0 Å². The largest absolute Gasteiger partial charge is 0.465 e. The predicted molar refractivity (Wildman–Crippen MR) is 78.6 cm³/mol. The van der Waals surface area contributed by atoms with Gasteiger partial charge in [-0.2, -0.15) is 11.8 Å². The zero-order chi connectivity index (χ0) is 13.8. The maximum Gasteiger partial charge on any atom is 0.340 e. The molecule has 2 atom stereocenters. The summed E-state index contributed by atoms with van der Waals surface area (Å²) in [4.78, 5) is 15.8. The number of hydrogen-bond acceptors (Lipinski definition) is 6. The lowest BCUT2D eigenvalue weighted by Crippen LogP contribution is -2.27. The summed E-state index contributed by atoms with van der Waals surface area (Å²) in [5.41, 5.74) is 6.71. The Labute approximate surface area is 117 Å². The normalized spacial score (nSPS) is 22.2. The molecule has 104 valence electrons. The molecule has 1 fully saturated rings. The number of methoxy groups -OCH3 is 1. The SMILES string of the molecule is COC(=O)c1ccnc(NC2CCCC2SC)c1N. The molecule has 0 bridgehead atoms. The first-order valence-electron chi connectivity index (χ1n) is 6.29. The summed E-state index contributed by atoms with van der Waals surface area (Å²) in [6, 6.07) is 1.94. The Morgan fingerprint density at radius 3 is 3.05 bits per heavy atom. The van der Waals surface area contributed by atoms with E-state index in [0.29, 0.717) is 28.4 Å². The molecule has 1 heterocycles.